The van der Waals surface area contributed by atoms with Crippen molar-refractivity contribution in [3.8, 4) is 0 Å². The van der Waals surface area contributed by atoms with Crippen LogP contribution in [0.4, 0.5) is 0 Å². The number of aryl methyl sites for hydroxylation is 1. The molecule has 9 heteroatoms. The highest BCUT2D eigenvalue weighted by molar-refractivity contribution is 6.30. The molecule has 29 heavy (non-hydrogen) atoms. The summed E-state index contributed by atoms with van der Waals surface area (Å²) in [4.78, 5) is 33.2. The van der Waals surface area contributed by atoms with Gasteiger partial charge in [0, 0.05) is 18.6 Å². The number of rotatable bonds is 4. The third-order valence-corrected chi connectivity index (χ3v) is 5.58. The molecule has 3 heterocycles. The topological polar surface area (TPSA) is 86.4 Å². The average Bonchev–Trinajstić information content (AvgIpc) is 2.98. The first-order valence-corrected chi connectivity index (χ1v) is 10.1. The summed E-state index contributed by atoms with van der Waals surface area (Å²) in [6, 6.07) is 7.53. The number of morpholine rings is 1. The van der Waals surface area contributed by atoms with Crippen molar-refractivity contribution >= 4 is 22.8 Å². The van der Waals surface area contributed by atoms with Gasteiger partial charge >= 0.3 is 5.69 Å². The number of nitrogens with one attached hydrogen (secondary N) is 2. The van der Waals surface area contributed by atoms with E-state index in [1.807, 2.05) is 28.8 Å². The van der Waals surface area contributed by atoms with Crippen molar-refractivity contribution < 1.29 is 9.64 Å². The lowest BCUT2D eigenvalue weighted by molar-refractivity contribution is -0.929. The number of ether oxygens (including phenoxy) is 1. The first kappa shape index (κ1) is 19.9. The summed E-state index contributed by atoms with van der Waals surface area (Å²) in [5.74, 6) is 0.767. The Labute approximate surface area is 172 Å². The van der Waals surface area contributed by atoms with E-state index in [2.05, 4.69) is 18.8 Å². The number of benzene rings is 1. The summed E-state index contributed by atoms with van der Waals surface area (Å²) in [6.45, 7) is 6.95. The van der Waals surface area contributed by atoms with Crippen molar-refractivity contribution in [2.24, 2.45) is 7.05 Å². The molecule has 0 bridgehead atoms. The standard InChI is InChI=1S/C20H24ClN5O3/c1-12-8-25(9-13(2)29-12)11-16-22-18-17(19(27)23-20(28)24(18)3)26(16)10-14-5-4-6-15(21)7-14/h4-7,12-13H,8-11H2,1-3H3,(H,23,27,28)/p+1/t12-,13+. The summed E-state index contributed by atoms with van der Waals surface area (Å²) >= 11 is 6.15. The van der Waals surface area contributed by atoms with Gasteiger partial charge < -0.3 is 14.2 Å². The number of hydrogen-bond donors (Lipinski definition) is 2. The maximum atomic E-state index is 12.7. The number of fused-ring (bicyclic) bond motifs is 1. The molecule has 154 valence electrons. The number of quaternary nitrogens is 1. The number of hydrogen-bond acceptors (Lipinski definition) is 4. The van der Waals surface area contributed by atoms with E-state index in [0.29, 0.717) is 29.3 Å². The Balaban J connectivity index is 1.81. The largest absolute Gasteiger partial charge is 0.364 e. The predicted molar refractivity (Wildman–Crippen MR) is 111 cm³/mol. The van der Waals surface area contributed by atoms with Crippen LogP contribution in [-0.4, -0.2) is 44.4 Å². The number of halogens is 1. The molecule has 8 nitrogen and oxygen atoms in total. The highest BCUT2D eigenvalue weighted by atomic mass is 35.5. The lowest BCUT2D eigenvalue weighted by atomic mass is 10.2. The molecule has 0 amide bonds. The van der Waals surface area contributed by atoms with Crippen molar-refractivity contribution in [2.75, 3.05) is 13.1 Å². The van der Waals surface area contributed by atoms with Gasteiger partial charge in [-0.05, 0) is 31.5 Å². The minimum absolute atomic E-state index is 0.160. The van der Waals surface area contributed by atoms with Crippen molar-refractivity contribution in [3.63, 3.8) is 0 Å². The van der Waals surface area contributed by atoms with Crippen LogP contribution < -0.4 is 16.1 Å². The zero-order valence-corrected chi connectivity index (χ0v) is 17.5. The fourth-order valence-electron chi connectivity index (χ4n) is 4.16. The number of imidazole rings is 1. The molecule has 1 aliphatic heterocycles. The zero-order valence-electron chi connectivity index (χ0n) is 16.7. The van der Waals surface area contributed by atoms with E-state index in [0.717, 1.165) is 24.5 Å². The SMILES string of the molecule is C[C@@H]1C[NH+](Cc2nc3c(c(=O)[nH]c(=O)n3C)n2Cc2cccc(Cl)c2)C[C@H](C)O1. The van der Waals surface area contributed by atoms with Gasteiger partial charge in [-0.1, -0.05) is 23.7 Å². The first-order chi connectivity index (χ1) is 13.8. The van der Waals surface area contributed by atoms with Gasteiger partial charge in [0.2, 0.25) is 0 Å². The molecule has 1 saturated heterocycles. The van der Waals surface area contributed by atoms with E-state index < -0.39 is 11.2 Å². The van der Waals surface area contributed by atoms with E-state index in [1.165, 1.54) is 9.47 Å². The monoisotopic (exact) mass is 418 g/mol. The van der Waals surface area contributed by atoms with Crippen molar-refractivity contribution in [3.05, 3.63) is 61.5 Å². The second-order valence-corrected chi connectivity index (χ2v) is 8.26. The van der Waals surface area contributed by atoms with E-state index in [9.17, 15) is 9.59 Å². The van der Waals surface area contributed by atoms with E-state index in [1.54, 1.807) is 7.05 Å². The maximum absolute atomic E-state index is 12.7. The lowest BCUT2D eigenvalue weighted by Gasteiger charge is -2.32. The zero-order chi connectivity index (χ0) is 20.7. The van der Waals surface area contributed by atoms with Crippen LogP contribution in [0.25, 0.3) is 11.2 Å². The third kappa shape index (κ3) is 4.01. The molecule has 1 fully saturated rings. The first-order valence-electron chi connectivity index (χ1n) is 9.73. The lowest BCUT2D eigenvalue weighted by Crippen LogP contribution is -3.14. The Bertz CT molecular complexity index is 1160. The fourth-order valence-corrected chi connectivity index (χ4v) is 4.37. The minimum Gasteiger partial charge on any atom is -0.364 e. The van der Waals surface area contributed by atoms with E-state index >= 15 is 0 Å². The molecule has 2 aromatic heterocycles. The molecule has 3 aromatic rings. The van der Waals surface area contributed by atoms with Gasteiger partial charge in [0.05, 0.1) is 0 Å². The molecule has 0 radical (unpaired) electrons. The predicted octanol–water partition coefficient (Wildman–Crippen LogP) is 0.317. The minimum atomic E-state index is -0.470. The summed E-state index contributed by atoms with van der Waals surface area (Å²) < 4.78 is 9.13. The average molecular weight is 419 g/mol. The van der Waals surface area contributed by atoms with Crippen LogP contribution >= 0.6 is 11.6 Å². The maximum Gasteiger partial charge on any atom is 0.329 e. The Morgan fingerprint density at radius 3 is 2.69 bits per heavy atom. The Hall–Kier alpha value is -2.42. The molecule has 0 spiro atoms. The van der Waals surface area contributed by atoms with Crippen molar-refractivity contribution in [1.29, 1.82) is 0 Å². The molecule has 3 atom stereocenters. The van der Waals surface area contributed by atoms with Crippen molar-refractivity contribution in [2.45, 2.75) is 39.1 Å². The number of aromatic amines is 1. The summed E-state index contributed by atoms with van der Waals surface area (Å²) in [6.07, 6.45) is 0.319. The second kappa shape index (κ2) is 7.78. The quantitative estimate of drug-likeness (QED) is 0.638. The van der Waals surface area contributed by atoms with Crippen LogP contribution in [-0.2, 0) is 24.9 Å². The number of aromatic nitrogens is 4. The molecular formula is C20H25ClN5O3+. The van der Waals surface area contributed by atoms with Gasteiger partial charge in [-0.15, -0.1) is 0 Å². The van der Waals surface area contributed by atoms with Crippen LogP contribution in [0.5, 0.6) is 0 Å². The molecule has 0 saturated carbocycles. The van der Waals surface area contributed by atoms with Crippen LogP contribution in [0.1, 0.15) is 25.2 Å². The Morgan fingerprint density at radius 1 is 1.28 bits per heavy atom. The normalized spacial score (nSPS) is 22.3. The van der Waals surface area contributed by atoms with Gasteiger partial charge in [0.15, 0.2) is 17.0 Å². The Morgan fingerprint density at radius 2 is 2.00 bits per heavy atom. The van der Waals surface area contributed by atoms with Crippen molar-refractivity contribution in [1.82, 2.24) is 19.1 Å². The molecular weight excluding hydrogens is 394 g/mol. The molecule has 1 unspecified atom stereocenters. The molecule has 1 aliphatic rings. The third-order valence-electron chi connectivity index (χ3n) is 5.34. The second-order valence-electron chi connectivity index (χ2n) is 7.83. The van der Waals surface area contributed by atoms with Gasteiger partial charge in [-0.25, -0.2) is 9.78 Å². The number of H-pyrrole nitrogens is 1. The van der Waals surface area contributed by atoms with Crippen LogP contribution in [0, 0.1) is 0 Å². The van der Waals surface area contributed by atoms with E-state index in [4.69, 9.17) is 21.3 Å². The smallest absolute Gasteiger partial charge is 0.329 e. The van der Waals surface area contributed by atoms with Crippen LogP contribution in [0.3, 0.4) is 0 Å². The summed E-state index contributed by atoms with van der Waals surface area (Å²) in [7, 11) is 1.62. The molecule has 4 rings (SSSR count). The van der Waals surface area contributed by atoms with Crippen LogP contribution in [0.2, 0.25) is 5.02 Å². The number of nitrogens with zero attached hydrogens (tertiary/aromatic N) is 3. The van der Waals surface area contributed by atoms with Crippen LogP contribution in [0.15, 0.2) is 33.9 Å². The summed E-state index contributed by atoms with van der Waals surface area (Å²) in [5, 5.41) is 0.635. The molecule has 1 aromatic carbocycles. The molecule has 0 aliphatic carbocycles. The fraction of sp³-hybridized carbons (Fsp3) is 0.450. The highest BCUT2D eigenvalue weighted by Gasteiger charge is 2.28. The Kier molecular flexibility index (Phi) is 5.33. The molecule has 2 N–H and O–H groups in total. The van der Waals surface area contributed by atoms with Gasteiger partial charge in [0.25, 0.3) is 5.56 Å². The van der Waals surface area contributed by atoms with E-state index in [-0.39, 0.29) is 12.2 Å². The van der Waals surface area contributed by atoms with Gasteiger partial charge in [-0.3, -0.25) is 14.3 Å². The highest BCUT2D eigenvalue weighted by Crippen LogP contribution is 2.16. The van der Waals surface area contributed by atoms with Gasteiger partial charge in [0.1, 0.15) is 31.8 Å². The van der Waals surface area contributed by atoms with Gasteiger partial charge in [-0.2, -0.15) is 0 Å². The summed E-state index contributed by atoms with van der Waals surface area (Å²) in [5.41, 5.74) is 0.857.